The average molecular weight is 356 g/mol. The van der Waals surface area contributed by atoms with E-state index in [4.69, 9.17) is 0 Å². The molecular formula is C13H10BrNO4S. The Morgan fingerprint density at radius 3 is 2.45 bits per heavy atom. The van der Waals surface area contributed by atoms with Gasteiger partial charge < -0.3 is 0 Å². The SMILES string of the molecule is Cc1cccc(S(=O)(=O)c2cc(Br)ccc2[N+](=O)[O-])c1. The highest BCUT2D eigenvalue weighted by atomic mass is 79.9. The summed E-state index contributed by atoms with van der Waals surface area (Å²) in [6, 6.07) is 10.1. The molecule has 0 N–H and O–H groups in total. The van der Waals surface area contributed by atoms with Crippen molar-refractivity contribution in [3.8, 4) is 0 Å². The Morgan fingerprint density at radius 1 is 1.15 bits per heavy atom. The van der Waals surface area contributed by atoms with Crippen molar-refractivity contribution in [2.75, 3.05) is 0 Å². The van der Waals surface area contributed by atoms with Crippen LogP contribution in [0.5, 0.6) is 0 Å². The topological polar surface area (TPSA) is 77.3 Å². The van der Waals surface area contributed by atoms with E-state index in [1.165, 1.54) is 30.3 Å². The van der Waals surface area contributed by atoms with Crippen molar-refractivity contribution in [1.82, 2.24) is 0 Å². The normalized spacial score (nSPS) is 11.3. The van der Waals surface area contributed by atoms with Gasteiger partial charge in [0.1, 0.15) is 0 Å². The Morgan fingerprint density at radius 2 is 1.85 bits per heavy atom. The summed E-state index contributed by atoms with van der Waals surface area (Å²) >= 11 is 3.14. The molecule has 0 bridgehead atoms. The van der Waals surface area contributed by atoms with Crippen LogP contribution in [0.3, 0.4) is 0 Å². The van der Waals surface area contributed by atoms with E-state index in [2.05, 4.69) is 15.9 Å². The minimum absolute atomic E-state index is 0.0405. The molecule has 2 rings (SSSR count). The van der Waals surface area contributed by atoms with Crippen molar-refractivity contribution in [2.45, 2.75) is 16.7 Å². The molecule has 2 aromatic carbocycles. The van der Waals surface area contributed by atoms with Crippen LogP contribution in [-0.2, 0) is 9.84 Å². The van der Waals surface area contributed by atoms with Crippen molar-refractivity contribution in [2.24, 2.45) is 0 Å². The third kappa shape index (κ3) is 2.73. The largest absolute Gasteiger partial charge is 0.288 e. The summed E-state index contributed by atoms with van der Waals surface area (Å²) in [7, 11) is -3.93. The summed E-state index contributed by atoms with van der Waals surface area (Å²) in [4.78, 5) is 10.0. The first kappa shape index (κ1) is 14.7. The van der Waals surface area contributed by atoms with Crippen LogP contribution in [0.4, 0.5) is 5.69 Å². The highest BCUT2D eigenvalue weighted by Gasteiger charge is 2.27. The van der Waals surface area contributed by atoms with Gasteiger partial charge in [-0.15, -0.1) is 0 Å². The monoisotopic (exact) mass is 355 g/mol. The van der Waals surface area contributed by atoms with E-state index in [9.17, 15) is 18.5 Å². The van der Waals surface area contributed by atoms with Gasteiger partial charge in [0.05, 0.1) is 9.82 Å². The molecule has 7 heteroatoms. The Hall–Kier alpha value is -1.73. The van der Waals surface area contributed by atoms with Crippen LogP contribution in [-0.4, -0.2) is 13.3 Å². The smallest absolute Gasteiger partial charge is 0.258 e. The number of sulfone groups is 1. The first-order valence-electron chi connectivity index (χ1n) is 5.58. The molecule has 0 aromatic heterocycles. The van der Waals surface area contributed by atoms with E-state index in [1.807, 2.05) is 0 Å². The van der Waals surface area contributed by atoms with Gasteiger partial charge in [0.15, 0.2) is 4.90 Å². The lowest BCUT2D eigenvalue weighted by molar-refractivity contribution is -0.387. The molecule has 0 heterocycles. The van der Waals surface area contributed by atoms with E-state index in [1.54, 1.807) is 19.1 Å². The van der Waals surface area contributed by atoms with Crippen molar-refractivity contribution in [1.29, 1.82) is 0 Å². The Bertz CT molecular complexity index is 787. The highest BCUT2D eigenvalue weighted by Crippen LogP contribution is 2.31. The Kier molecular flexibility index (Phi) is 3.92. The maximum absolute atomic E-state index is 12.5. The molecular weight excluding hydrogens is 346 g/mol. The first-order valence-corrected chi connectivity index (χ1v) is 7.85. The fourth-order valence-corrected chi connectivity index (χ4v) is 3.83. The van der Waals surface area contributed by atoms with Gasteiger partial charge in [-0.25, -0.2) is 8.42 Å². The van der Waals surface area contributed by atoms with Crippen molar-refractivity contribution >= 4 is 31.5 Å². The zero-order valence-corrected chi connectivity index (χ0v) is 12.8. The number of nitrogens with zero attached hydrogens (tertiary/aromatic N) is 1. The fraction of sp³-hybridized carbons (Fsp3) is 0.0769. The minimum atomic E-state index is -3.93. The molecule has 0 aliphatic carbocycles. The van der Waals surface area contributed by atoms with Gasteiger partial charge in [0.25, 0.3) is 5.69 Å². The maximum Gasteiger partial charge on any atom is 0.288 e. The molecule has 0 aliphatic rings. The number of benzene rings is 2. The average Bonchev–Trinajstić information content (AvgIpc) is 2.38. The number of aryl methyl sites for hydroxylation is 1. The molecule has 20 heavy (non-hydrogen) atoms. The minimum Gasteiger partial charge on any atom is -0.258 e. The molecule has 0 radical (unpaired) electrons. The molecule has 5 nitrogen and oxygen atoms in total. The van der Waals surface area contributed by atoms with Gasteiger partial charge in [-0.3, -0.25) is 10.1 Å². The van der Waals surface area contributed by atoms with Gasteiger partial charge in [-0.05, 0) is 36.8 Å². The Balaban J connectivity index is 2.72. The standard InChI is InChI=1S/C13H10BrNO4S/c1-9-3-2-4-11(7-9)20(18,19)13-8-10(14)5-6-12(13)15(16)17/h2-8H,1H3. The molecule has 0 unspecified atom stereocenters. The Labute approximate surface area is 124 Å². The molecule has 0 fully saturated rings. The second kappa shape index (κ2) is 5.34. The lowest BCUT2D eigenvalue weighted by atomic mass is 10.2. The van der Waals surface area contributed by atoms with Crippen LogP contribution >= 0.6 is 15.9 Å². The lowest BCUT2D eigenvalue weighted by Gasteiger charge is -2.06. The summed E-state index contributed by atoms with van der Waals surface area (Å²) in [6.45, 7) is 1.76. The predicted octanol–water partition coefficient (Wildman–Crippen LogP) is 3.50. The number of hydrogen-bond acceptors (Lipinski definition) is 4. The van der Waals surface area contributed by atoms with E-state index in [-0.39, 0.29) is 9.79 Å². The van der Waals surface area contributed by atoms with Gasteiger partial charge in [0, 0.05) is 10.5 Å². The molecule has 0 aliphatic heterocycles. The van der Waals surface area contributed by atoms with Crippen molar-refractivity contribution < 1.29 is 13.3 Å². The molecule has 104 valence electrons. The fourth-order valence-electron chi connectivity index (χ4n) is 1.76. The van der Waals surface area contributed by atoms with Gasteiger partial charge in [-0.2, -0.15) is 0 Å². The zero-order chi connectivity index (χ0) is 14.9. The molecule has 0 amide bonds. The zero-order valence-electron chi connectivity index (χ0n) is 10.4. The van der Waals surface area contributed by atoms with Crippen LogP contribution in [0.1, 0.15) is 5.56 Å². The molecule has 0 spiro atoms. The quantitative estimate of drug-likeness (QED) is 0.623. The van der Waals surface area contributed by atoms with Crippen LogP contribution in [0, 0.1) is 17.0 Å². The molecule has 0 atom stereocenters. The summed E-state index contributed by atoms with van der Waals surface area (Å²) in [5, 5.41) is 11.0. The van der Waals surface area contributed by atoms with Crippen molar-refractivity contribution in [3.63, 3.8) is 0 Å². The van der Waals surface area contributed by atoms with Gasteiger partial charge >= 0.3 is 0 Å². The molecule has 0 saturated carbocycles. The molecule has 0 saturated heterocycles. The summed E-state index contributed by atoms with van der Waals surface area (Å²) in [5.74, 6) is 0. The third-order valence-corrected chi connectivity index (χ3v) is 4.98. The van der Waals surface area contributed by atoms with Gasteiger partial charge in [-0.1, -0.05) is 28.1 Å². The van der Waals surface area contributed by atoms with E-state index < -0.39 is 20.4 Å². The second-order valence-electron chi connectivity index (χ2n) is 4.19. The highest BCUT2D eigenvalue weighted by molar-refractivity contribution is 9.10. The molecule has 2 aromatic rings. The summed E-state index contributed by atoms with van der Waals surface area (Å²) < 4.78 is 25.5. The van der Waals surface area contributed by atoms with Crippen molar-refractivity contribution in [3.05, 3.63) is 62.6 Å². The number of rotatable bonds is 3. The summed E-state index contributed by atoms with van der Waals surface area (Å²) in [5.41, 5.74) is 0.332. The number of hydrogen-bond donors (Lipinski definition) is 0. The first-order chi connectivity index (χ1) is 9.32. The lowest BCUT2D eigenvalue weighted by Crippen LogP contribution is -2.06. The number of nitro groups is 1. The van der Waals surface area contributed by atoms with E-state index >= 15 is 0 Å². The summed E-state index contributed by atoms with van der Waals surface area (Å²) in [6.07, 6.45) is 0. The maximum atomic E-state index is 12.5. The van der Waals surface area contributed by atoms with Gasteiger partial charge in [0.2, 0.25) is 9.84 Å². The van der Waals surface area contributed by atoms with Crippen LogP contribution in [0.2, 0.25) is 0 Å². The van der Waals surface area contributed by atoms with E-state index in [0.29, 0.717) is 4.47 Å². The van der Waals surface area contributed by atoms with Crippen LogP contribution < -0.4 is 0 Å². The number of halogens is 1. The predicted molar refractivity (Wildman–Crippen MR) is 77.4 cm³/mol. The third-order valence-electron chi connectivity index (χ3n) is 2.71. The van der Waals surface area contributed by atoms with Crippen LogP contribution in [0.15, 0.2) is 56.7 Å². The number of nitro benzene ring substituents is 1. The van der Waals surface area contributed by atoms with E-state index in [0.717, 1.165) is 5.56 Å². The van der Waals surface area contributed by atoms with Crippen LogP contribution in [0.25, 0.3) is 0 Å². The second-order valence-corrected chi connectivity index (χ2v) is 7.02.